The van der Waals surface area contributed by atoms with Crippen LogP contribution in [0.15, 0.2) is 0 Å². The Hall–Kier alpha value is 0.154. The lowest BCUT2D eigenvalue weighted by atomic mass is 9.77. The van der Waals surface area contributed by atoms with Crippen molar-refractivity contribution in [3.8, 4) is 0 Å². The lowest BCUT2D eigenvalue weighted by Gasteiger charge is -2.47. The van der Waals surface area contributed by atoms with E-state index in [1.807, 2.05) is 0 Å². The first kappa shape index (κ1) is 24.8. The standard InChI is InChI=1S/C21H42O7Si2/c1-20(2,3)30(9,10)27-17-14-11-13(16(17)18(23-4)24-5)21(28-29(6,7)8)12-15(22)26-19(21)25-14/h13-19,22H,11-12H2,1-10H3/t13-,14+,15+,16+,17+,19-,21+/m1/s1. The average molecular weight is 463 g/mol. The van der Waals surface area contributed by atoms with Crippen LogP contribution in [0.4, 0.5) is 0 Å². The fraction of sp³-hybridized carbons (Fsp3) is 1.00. The molecule has 2 heterocycles. The lowest BCUT2D eigenvalue weighted by molar-refractivity contribution is -0.267. The van der Waals surface area contributed by atoms with Gasteiger partial charge in [0.15, 0.2) is 35.5 Å². The molecule has 3 fully saturated rings. The van der Waals surface area contributed by atoms with Crippen LogP contribution in [-0.4, -0.2) is 72.6 Å². The van der Waals surface area contributed by atoms with E-state index in [0.29, 0.717) is 6.42 Å². The zero-order valence-corrected chi connectivity index (χ0v) is 22.4. The molecule has 3 rings (SSSR count). The molecule has 1 N–H and O–H groups in total. The van der Waals surface area contributed by atoms with Gasteiger partial charge in [-0.2, -0.15) is 0 Å². The van der Waals surface area contributed by atoms with Gasteiger partial charge in [-0.1, -0.05) is 20.8 Å². The highest BCUT2D eigenvalue weighted by Crippen LogP contribution is 2.58. The quantitative estimate of drug-likeness (QED) is 0.457. The van der Waals surface area contributed by atoms with Crippen LogP contribution in [0.1, 0.15) is 33.6 Å². The van der Waals surface area contributed by atoms with E-state index in [4.69, 9.17) is 27.8 Å². The Bertz CT molecular complexity index is 613. The van der Waals surface area contributed by atoms with E-state index in [9.17, 15) is 5.11 Å². The van der Waals surface area contributed by atoms with Gasteiger partial charge in [0.2, 0.25) is 0 Å². The van der Waals surface area contributed by atoms with Gasteiger partial charge in [-0.25, -0.2) is 0 Å². The van der Waals surface area contributed by atoms with Crippen LogP contribution < -0.4 is 0 Å². The fourth-order valence-corrected chi connectivity index (χ4v) is 7.96. The van der Waals surface area contributed by atoms with E-state index >= 15 is 0 Å². The number of fused-ring (bicyclic) bond motifs is 4. The Morgan fingerprint density at radius 3 is 2.13 bits per heavy atom. The van der Waals surface area contributed by atoms with Crippen molar-refractivity contribution in [1.29, 1.82) is 0 Å². The molecule has 1 aliphatic carbocycles. The predicted octanol–water partition coefficient (Wildman–Crippen LogP) is 3.69. The van der Waals surface area contributed by atoms with Gasteiger partial charge in [0.1, 0.15) is 5.60 Å². The van der Waals surface area contributed by atoms with Gasteiger partial charge < -0.3 is 32.9 Å². The monoisotopic (exact) mass is 462 g/mol. The summed E-state index contributed by atoms with van der Waals surface area (Å²) in [5, 5.41) is 10.5. The van der Waals surface area contributed by atoms with Crippen molar-refractivity contribution < 1.29 is 32.9 Å². The minimum Gasteiger partial charge on any atom is -0.411 e. The molecule has 0 amide bonds. The summed E-state index contributed by atoms with van der Waals surface area (Å²) in [6, 6.07) is 0. The molecule has 7 atom stereocenters. The van der Waals surface area contributed by atoms with Crippen LogP contribution in [0.3, 0.4) is 0 Å². The molecule has 0 spiro atoms. The minimum absolute atomic E-state index is 0.0461. The van der Waals surface area contributed by atoms with Crippen molar-refractivity contribution in [2.75, 3.05) is 14.2 Å². The van der Waals surface area contributed by atoms with Gasteiger partial charge in [-0.3, -0.25) is 0 Å². The number of aliphatic hydroxyl groups excluding tert-OH is 1. The molecule has 2 aliphatic heterocycles. The molecule has 7 nitrogen and oxygen atoms in total. The van der Waals surface area contributed by atoms with E-state index in [1.54, 1.807) is 14.2 Å². The number of rotatable bonds is 7. The molecule has 0 aromatic carbocycles. The first-order chi connectivity index (χ1) is 13.6. The van der Waals surface area contributed by atoms with Crippen LogP contribution in [0.2, 0.25) is 37.8 Å². The zero-order chi connectivity index (χ0) is 22.7. The molecule has 0 radical (unpaired) electrons. The molecular weight excluding hydrogens is 420 g/mol. The van der Waals surface area contributed by atoms with Gasteiger partial charge in [0.05, 0.1) is 12.2 Å². The summed E-state index contributed by atoms with van der Waals surface area (Å²) in [5.41, 5.74) is -0.716. The molecule has 0 unspecified atom stereocenters. The molecule has 2 saturated heterocycles. The van der Waals surface area contributed by atoms with Crippen LogP contribution in [0.25, 0.3) is 0 Å². The van der Waals surface area contributed by atoms with Gasteiger partial charge in [-0.15, -0.1) is 0 Å². The number of hydrogen-bond donors (Lipinski definition) is 1. The third-order valence-electron chi connectivity index (χ3n) is 7.31. The van der Waals surface area contributed by atoms with Crippen molar-refractivity contribution in [1.82, 2.24) is 0 Å². The van der Waals surface area contributed by atoms with Crippen molar-refractivity contribution in [3.05, 3.63) is 0 Å². The smallest absolute Gasteiger partial charge is 0.192 e. The first-order valence-corrected chi connectivity index (χ1v) is 17.4. The van der Waals surface area contributed by atoms with Crippen molar-refractivity contribution in [2.45, 2.75) is 108 Å². The second kappa shape index (κ2) is 8.18. The molecule has 1 saturated carbocycles. The SMILES string of the molecule is COC(OC)[C@@H]1[C@@H](O[Si](C)(C)C(C)(C)C)[C@@H]2C[C@H]1[C@@]1(O[Si](C)(C)C)C[C@@H](O)O[C@H]1O2. The third kappa shape index (κ3) is 4.34. The Labute approximate surface area is 184 Å². The predicted molar refractivity (Wildman–Crippen MR) is 119 cm³/mol. The molecule has 2 bridgehead atoms. The normalized spacial score (nSPS) is 39.6. The molecule has 0 aromatic heterocycles. The largest absolute Gasteiger partial charge is 0.411 e. The summed E-state index contributed by atoms with van der Waals surface area (Å²) >= 11 is 0. The number of ether oxygens (including phenoxy) is 4. The summed E-state index contributed by atoms with van der Waals surface area (Å²) < 4.78 is 37.6. The second-order valence-electron chi connectivity index (χ2n) is 11.6. The Balaban J connectivity index is 2.03. The van der Waals surface area contributed by atoms with Crippen LogP contribution >= 0.6 is 0 Å². The Morgan fingerprint density at radius 2 is 1.63 bits per heavy atom. The van der Waals surface area contributed by atoms with Crippen molar-refractivity contribution in [2.24, 2.45) is 11.8 Å². The maximum Gasteiger partial charge on any atom is 0.192 e. The number of aliphatic hydroxyl groups is 1. The molecule has 30 heavy (non-hydrogen) atoms. The topological polar surface area (TPSA) is 75.6 Å². The van der Waals surface area contributed by atoms with Gasteiger partial charge >= 0.3 is 0 Å². The highest BCUT2D eigenvalue weighted by molar-refractivity contribution is 6.74. The van der Waals surface area contributed by atoms with Gasteiger partial charge in [0, 0.05) is 32.5 Å². The molecule has 176 valence electrons. The van der Waals surface area contributed by atoms with Crippen LogP contribution in [0.5, 0.6) is 0 Å². The Kier molecular flexibility index (Phi) is 6.76. The fourth-order valence-electron chi connectivity index (χ4n) is 5.15. The van der Waals surface area contributed by atoms with Gasteiger partial charge in [0.25, 0.3) is 0 Å². The van der Waals surface area contributed by atoms with E-state index in [-0.39, 0.29) is 29.1 Å². The number of methoxy groups -OCH3 is 2. The van der Waals surface area contributed by atoms with E-state index in [1.165, 1.54) is 0 Å². The second-order valence-corrected chi connectivity index (χ2v) is 20.8. The van der Waals surface area contributed by atoms with Crippen LogP contribution in [-0.2, 0) is 27.8 Å². The summed E-state index contributed by atoms with van der Waals surface area (Å²) in [5.74, 6) is -0.0285. The molecule has 0 aromatic rings. The van der Waals surface area contributed by atoms with E-state index in [2.05, 4.69) is 53.5 Å². The Morgan fingerprint density at radius 1 is 1.03 bits per heavy atom. The maximum absolute atomic E-state index is 10.4. The maximum atomic E-state index is 10.4. The zero-order valence-electron chi connectivity index (χ0n) is 20.4. The van der Waals surface area contributed by atoms with Crippen LogP contribution in [0, 0.1) is 11.8 Å². The summed E-state index contributed by atoms with van der Waals surface area (Å²) in [6.45, 7) is 17.7. The van der Waals surface area contributed by atoms with E-state index in [0.717, 1.165) is 6.42 Å². The first-order valence-electron chi connectivity index (χ1n) is 11.1. The van der Waals surface area contributed by atoms with Gasteiger partial charge in [-0.05, 0) is 44.2 Å². The minimum atomic E-state index is -2.08. The van der Waals surface area contributed by atoms with E-state index < -0.39 is 41.1 Å². The lowest BCUT2D eigenvalue weighted by Crippen LogP contribution is -2.58. The van der Waals surface area contributed by atoms with Crippen molar-refractivity contribution in [3.63, 3.8) is 0 Å². The van der Waals surface area contributed by atoms with Crippen molar-refractivity contribution >= 4 is 16.6 Å². The average Bonchev–Trinajstić information content (AvgIpc) is 3.05. The number of hydrogen-bond acceptors (Lipinski definition) is 7. The highest BCUT2D eigenvalue weighted by atomic mass is 28.4. The molecule has 3 aliphatic rings. The summed E-state index contributed by atoms with van der Waals surface area (Å²) in [4.78, 5) is 0. The molecule has 9 heteroatoms. The molecular formula is C21H42O7Si2. The summed E-state index contributed by atoms with van der Waals surface area (Å²) in [7, 11) is -0.713. The summed E-state index contributed by atoms with van der Waals surface area (Å²) in [6.07, 6.45) is -1.09. The highest BCUT2D eigenvalue weighted by Gasteiger charge is 2.69. The third-order valence-corrected chi connectivity index (χ3v) is 12.8.